The summed E-state index contributed by atoms with van der Waals surface area (Å²) in [6.45, 7) is 5.66. The second-order valence-electron chi connectivity index (χ2n) is 9.04. The lowest BCUT2D eigenvalue weighted by molar-refractivity contribution is 0.0383. The minimum Gasteiger partial charge on any atom is -0.379 e. The van der Waals surface area contributed by atoms with Crippen LogP contribution in [0.5, 0.6) is 0 Å². The van der Waals surface area contributed by atoms with Crippen LogP contribution in [0.15, 0.2) is 85.1 Å². The molecule has 6 heteroatoms. The van der Waals surface area contributed by atoms with E-state index in [1.807, 2.05) is 22.9 Å². The van der Waals surface area contributed by atoms with E-state index >= 15 is 0 Å². The van der Waals surface area contributed by atoms with Crippen LogP contribution in [-0.2, 0) is 11.3 Å². The molecule has 2 heterocycles. The number of benzene rings is 3. The highest BCUT2D eigenvalue weighted by molar-refractivity contribution is 5.97. The number of aryl methyl sites for hydroxylation is 1. The first-order valence-electron chi connectivity index (χ1n) is 12.4. The molecule has 0 aliphatic carbocycles. The summed E-state index contributed by atoms with van der Waals surface area (Å²) in [5, 5.41) is 8.87. The highest BCUT2D eigenvalue weighted by Crippen LogP contribution is 2.28. The van der Waals surface area contributed by atoms with Gasteiger partial charge < -0.3 is 10.1 Å². The molecule has 6 nitrogen and oxygen atoms in total. The van der Waals surface area contributed by atoms with Gasteiger partial charge in [-0.1, -0.05) is 66.7 Å². The van der Waals surface area contributed by atoms with Gasteiger partial charge in [0.1, 0.15) is 0 Å². The molecule has 0 saturated carbocycles. The Kier molecular flexibility index (Phi) is 7.51. The summed E-state index contributed by atoms with van der Waals surface area (Å²) in [7, 11) is 0. The fourth-order valence-corrected chi connectivity index (χ4v) is 4.74. The summed E-state index contributed by atoms with van der Waals surface area (Å²) in [4.78, 5) is 15.0. The van der Waals surface area contributed by atoms with E-state index in [1.165, 1.54) is 11.1 Å². The maximum atomic E-state index is 12.7. The average Bonchev–Trinajstić information content (AvgIpc) is 3.33. The van der Waals surface area contributed by atoms with Crippen LogP contribution in [0.3, 0.4) is 0 Å². The Labute approximate surface area is 206 Å². The van der Waals surface area contributed by atoms with Crippen LogP contribution in [0.4, 0.5) is 0 Å². The largest absolute Gasteiger partial charge is 0.379 e. The Morgan fingerprint density at radius 3 is 2.29 bits per heavy atom. The number of hydrogen-bond acceptors (Lipinski definition) is 4. The van der Waals surface area contributed by atoms with Gasteiger partial charge in [-0.25, -0.2) is 0 Å². The fraction of sp³-hybridized carbons (Fsp3) is 0.310. The van der Waals surface area contributed by atoms with E-state index in [1.54, 1.807) is 0 Å². The first kappa shape index (κ1) is 23.3. The number of nitrogens with zero attached hydrogens (tertiary/aromatic N) is 3. The van der Waals surface area contributed by atoms with Crippen LogP contribution in [0.2, 0.25) is 0 Å². The molecule has 1 aromatic heterocycles. The quantitative estimate of drug-likeness (QED) is 0.398. The Bertz CT molecular complexity index is 1190. The molecule has 1 aliphatic rings. The highest BCUT2D eigenvalue weighted by atomic mass is 16.5. The molecule has 180 valence electrons. The van der Waals surface area contributed by atoms with Gasteiger partial charge in [-0.3, -0.25) is 14.4 Å². The third-order valence-electron chi connectivity index (χ3n) is 6.68. The monoisotopic (exact) mass is 468 g/mol. The minimum atomic E-state index is -0.0528. The lowest BCUT2D eigenvalue weighted by atomic mass is 9.88. The molecule has 1 amide bonds. The van der Waals surface area contributed by atoms with Crippen molar-refractivity contribution in [3.05, 3.63) is 102 Å². The van der Waals surface area contributed by atoms with Gasteiger partial charge in [0.2, 0.25) is 0 Å². The van der Waals surface area contributed by atoms with E-state index in [2.05, 4.69) is 77.1 Å². The van der Waals surface area contributed by atoms with Crippen molar-refractivity contribution in [2.75, 3.05) is 39.4 Å². The summed E-state index contributed by atoms with van der Waals surface area (Å²) in [6.07, 6.45) is 3.01. The topological polar surface area (TPSA) is 59.4 Å². The fourth-order valence-electron chi connectivity index (χ4n) is 4.74. The molecule has 3 aromatic carbocycles. The maximum absolute atomic E-state index is 12.7. The number of morpholine rings is 1. The van der Waals surface area contributed by atoms with Crippen LogP contribution < -0.4 is 5.32 Å². The number of nitrogens with one attached hydrogen (secondary N) is 1. The van der Waals surface area contributed by atoms with Crippen molar-refractivity contribution in [1.82, 2.24) is 20.0 Å². The van der Waals surface area contributed by atoms with Crippen molar-refractivity contribution in [3.63, 3.8) is 0 Å². The van der Waals surface area contributed by atoms with Crippen molar-refractivity contribution in [1.29, 1.82) is 0 Å². The Morgan fingerprint density at radius 2 is 1.60 bits per heavy atom. The number of ether oxygens (including phenoxy) is 1. The van der Waals surface area contributed by atoms with Crippen molar-refractivity contribution >= 4 is 16.8 Å². The zero-order valence-electron chi connectivity index (χ0n) is 20.0. The first-order chi connectivity index (χ1) is 17.3. The Morgan fingerprint density at radius 1 is 0.914 bits per heavy atom. The predicted molar refractivity (Wildman–Crippen MR) is 139 cm³/mol. The number of fused-ring (bicyclic) bond motifs is 1. The lowest BCUT2D eigenvalue weighted by Crippen LogP contribution is -2.41. The zero-order chi connectivity index (χ0) is 23.9. The molecule has 1 saturated heterocycles. The van der Waals surface area contributed by atoms with E-state index in [0.717, 1.165) is 56.7 Å². The number of rotatable bonds is 9. The summed E-state index contributed by atoms with van der Waals surface area (Å²) >= 11 is 0. The second-order valence-corrected chi connectivity index (χ2v) is 9.04. The third kappa shape index (κ3) is 5.96. The molecule has 1 aliphatic heterocycles. The molecule has 1 fully saturated rings. The van der Waals surface area contributed by atoms with Gasteiger partial charge in [0.25, 0.3) is 5.91 Å². The van der Waals surface area contributed by atoms with Crippen molar-refractivity contribution in [2.45, 2.75) is 18.9 Å². The second kappa shape index (κ2) is 11.3. The lowest BCUT2D eigenvalue weighted by Gasteiger charge is -2.26. The van der Waals surface area contributed by atoms with Crippen LogP contribution in [-0.4, -0.2) is 60.0 Å². The van der Waals surface area contributed by atoms with E-state index in [4.69, 9.17) is 9.84 Å². The molecule has 5 rings (SSSR count). The SMILES string of the molecule is O=C(NCCN1CCOCC1)c1ccc2cn(CCC(c3ccccc3)c3ccccc3)nc2c1. The van der Waals surface area contributed by atoms with Gasteiger partial charge in [-0.15, -0.1) is 0 Å². The third-order valence-corrected chi connectivity index (χ3v) is 6.68. The Balaban J connectivity index is 1.23. The van der Waals surface area contributed by atoms with Crippen LogP contribution in [0.1, 0.15) is 33.8 Å². The number of carbonyl (C=O) groups is 1. The highest BCUT2D eigenvalue weighted by Gasteiger charge is 2.15. The smallest absolute Gasteiger partial charge is 0.251 e. The van der Waals surface area contributed by atoms with E-state index in [9.17, 15) is 4.79 Å². The first-order valence-corrected chi connectivity index (χ1v) is 12.4. The molecule has 4 aromatic rings. The summed E-state index contributed by atoms with van der Waals surface area (Å²) in [6, 6.07) is 27.1. The van der Waals surface area contributed by atoms with Crippen molar-refractivity contribution < 1.29 is 9.53 Å². The Hall–Kier alpha value is -3.48. The number of aromatic nitrogens is 2. The number of carbonyl (C=O) groups excluding carboxylic acids is 1. The molecule has 0 radical (unpaired) electrons. The summed E-state index contributed by atoms with van der Waals surface area (Å²) in [5.41, 5.74) is 4.12. The molecular weight excluding hydrogens is 436 g/mol. The van der Waals surface area contributed by atoms with Gasteiger partial charge in [0, 0.05) is 55.8 Å². The minimum absolute atomic E-state index is 0.0528. The van der Waals surface area contributed by atoms with Gasteiger partial charge in [-0.2, -0.15) is 5.10 Å². The van der Waals surface area contributed by atoms with Gasteiger partial charge >= 0.3 is 0 Å². The molecule has 0 unspecified atom stereocenters. The summed E-state index contributed by atoms with van der Waals surface area (Å²) in [5.74, 6) is 0.250. The van der Waals surface area contributed by atoms with E-state index in [-0.39, 0.29) is 5.91 Å². The van der Waals surface area contributed by atoms with E-state index < -0.39 is 0 Å². The van der Waals surface area contributed by atoms with Gasteiger partial charge in [-0.05, 0) is 29.7 Å². The molecular formula is C29H32N4O2. The summed E-state index contributed by atoms with van der Waals surface area (Å²) < 4.78 is 7.38. The zero-order valence-corrected chi connectivity index (χ0v) is 20.0. The van der Waals surface area contributed by atoms with E-state index in [0.29, 0.717) is 18.0 Å². The van der Waals surface area contributed by atoms with Crippen molar-refractivity contribution in [3.8, 4) is 0 Å². The predicted octanol–water partition coefficient (Wildman–Crippen LogP) is 4.32. The standard InChI is InChI=1S/C29H32N4O2/c34-29(30-14-16-32-17-19-35-20-18-32)25-11-12-26-22-33(31-28(26)21-25)15-13-27(23-7-3-1-4-8-23)24-9-5-2-6-10-24/h1-12,21-22,27H,13-20H2,(H,30,34). The van der Waals surface area contributed by atoms with Gasteiger partial charge in [0.05, 0.1) is 18.7 Å². The molecule has 0 atom stereocenters. The van der Waals surface area contributed by atoms with Crippen LogP contribution in [0.25, 0.3) is 10.9 Å². The number of hydrogen-bond donors (Lipinski definition) is 1. The normalized spacial score (nSPS) is 14.4. The van der Waals surface area contributed by atoms with Crippen molar-refractivity contribution in [2.24, 2.45) is 0 Å². The molecule has 1 N–H and O–H groups in total. The van der Waals surface area contributed by atoms with Crippen LogP contribution >= 0.6 is 0 Å². The molecule has 35 heavy (non-hydrogen) atoms. The average molecular weight is 469 g/mol. The number of amides is 1. The maximum Gasteiger partial charge on any atom is 0.251 e. The van der Waals surface area contributed by atoms with Gasteiger partial charge in [0.15, 0.2) is 0 Å². The molecule has 0 spiro atoms. The van der Waals surface area contributed by atoms with Crippen LogP contribution in [0, 0.1) is 0 Å². The molecule has 0 bridgehead atoms.